The number of rotatable bonds is 7. The van der Waals surface area contributed by atoms with E-state index < -0.39 is 5.91 Å². The Morgan fingerprint density at radius 3 is 2.35 bits per heavy atom. The molecule has 1 unspecified atom stereocenters. The first-order chi connectivity index (χ1) is 17.6. The summed E-state index contributed by atoms with van der Waals surface area (Å²) in [6.07, 6.45) is 6.23. The van der Waals surface area contributed by atoms with Gasteiger partial charge < -0.3 is 5.32 Å². The van der Waals surface area contributed by atoms with Crippen LogP contribution in [0.1, 0.15) is 69.1 Å². The Kier molecular flexibility index (Phi) is 8.22. The summed E-state index contributed by atoms with van der Waals surface area (Å²) in [4.78, 5) is 29.3. The van der Waals surface area contributed by atoms with Crippen molar-refractivity contribution in [3.05, 3.63) is 77.2 Å². The summed E-state index contributed by atoms with van der Waals surface area (Å²) in [5.74, 6) is -0.265. The standard InChI is InChI=1S/C30H36FN3O3/c1-30(2,3)33-29(36)25(16-19-4-6-20(7-5-19)17-28(35)34-37)22-10-8-21(9-11-22)24-14-15-32-27-13-12-23(31)18-26(24)27/h4-7,12-15,18,21-22,25,37H,8-11,16-17H2,1-3H3,(H,33,36)(H,34,35)/t21-,22+,25?. The van der Waals surface area contributed by atoms with E-state index in [0.717, 1.165) is 53.3 Å². The lowest BCUT2D eigenvalue weighted by Gasteiger charge is -2.35. The molecule has 1 fully saturated rings. The second-order valence-corrected chi connectivity index (χ2v) is 11.3. The van der Waals surface area contributed by atoms with Gasteiger partial charge >= 0.3 is 0 Å². The first-order valence-corrected chi connectivity index (χ1v) is 13.0. The van der Waals surface area contributed by atoms with Crippen molar-refractivity contribution in [3.63, 3.8) is 0 Å². The van der Waals surface area contributed by atoms with E-state index in [1.54, 1.807) is 23.8 Å². The molecule has 0 spiro atoms. The van der Waals surface area contributed by atoms with Crippen LogP contribution in [-0.4, -0.2) is 27.5 Å². The minimum Gasteiger partial charge on any atom is -0.351 e. The summed E-state index contributed by atoms with van der Waals surface area (Å²) < 4.78 is 14.0. The minimum absolute atomic E-state index is 0.0658. The molecule has 4 rings (SSSR count). The maximum Gasteiger partial charge on any atom is 0.247 e. The number of nitrogens with zero attached hydrogens (tertiary/aromatic N) is 1. The number of hydroxylamine groups is 1. The minimum atomic E-state index is -0.461. The molecule has 1 atom stereocenters. The van der Waals surface area contributed by atoms with Crippen molar-refractivity contribution < 1.29 is 19.2 Å². The molecule has 0 aliphatic heterocycles. The van der Waals surface area contributed by atoms with E-state index in [9.17, 15) is 14.0 Å². The zero-order chi connectivity index (χ0) is 26.6. The first-order valence-electron chi connectivity index (χ1n) is 13.0. The Bertz CT molecular complexity index is 1250. The van der Waals surface area contributed by atoms with Crippen LogP contribution in [0.15, 0.2) is 54.7 Å². The summed E-state index contributed by atoms with van der Waals surface area (Å²) >= 11 is 0. The molecule has 1 aliphatic carbocycles. The van der Waals surface area contributed by atoms with Gasteiger partial charge in [0.15, 0.2) is 0 Å². The number of carbonyl (C=O) groups is 2. The van der Waals surface area contributed by atoms with Crippen LogP contribution in [0.3, 0.4) is 0 Å². The predicted octanol–water partition coefficient (Wildman–Crippen LogP) is 5.47. The molecule has 3 N–H and O–H groups in total. The number of amides is 2. The molecule has 2 aromatic carbocycles. The fraction of sp³-hybridized carbons (Fsp3) is 0.433. The van der Waals surface area contributed by atoms with Gasteiger partial charge in [0, 0.05) is 23.0 Å². The summed E-state index contributed by atoms with van der Waals surface area (Å²) in [7, 11) is 0. The molecule has 196 valence electrons. The van der Waals surface area contributed by atoms with Crippen LogP contribution in [0.25, 0.3) is 10.9 Å². The second-order valence-electron chi connectivity index (χ2n) is 11.3. The normalized spacial score (nSPS) is 18.8. The van der Waals surface area contributed by atoms with Crippen LogP contribution in [0.5, 0.6) is 0 Å². The van der Waals surface area contributed by atoms with Crippen molar-refractivity contribution in [2.24, 2.45) is 11.8 Å². The maximum atomic E-state index is 14.0. The average Bonchev–Trinajstić information content (AvgIpc) is 2.87. The van der Waals surface area contributed by atoms with Gasteiger partial charge in [-0.1, -0.05) is 24.3 Å². The van der Waals surface area contributed by atoms with Gasteiger partial charge in [0.25, 0.3) is 0 Å². The molecular weight excluding hydrogens is 469 g/mol. The molecule has 0 saturated heterocycles. The summed E-state index contributed by atoms with van der Waals surface area (Å²) in [5, 5.41) is 12.8. The number of benzene rings is 2. The van der Waals surface area contributed by atoms with Crippen molar-refractivity contribution in [3.8, 4) is 0 Å². The Morgan fingerprint density at radius 1 is 1.03 bits per heavy atom. The fourth-order valence-corrected chi connectivity index (χ4v) is 5.54. The van der Waals surface area contributed by atoms with E-state index in [1.165, 1.54) is 6.07 Å². The first kappa shape index (κ1) is 26.7. The van der Waals surface area contributed by atoms with Gasteiger partial charge in [-0.05, 0) is 106 Å². The number of fused-ring (bicyclic) bond motifs is 1. The highest BCUT2D eigenvalue weighted by atomic mass is 19.1. The molecule has 1 aromatic heterocycles. The monoisotopic (exact) mass is 505 g/mol. The van der Waals surface area contributed by atoms with Gasteiger partial charge in [-0.25, -0.2) is 9.87 Å². The molecule has 6 nitrogen and oxygen atoms in total. The fourth-order valence-electron chi connectivity index (χ4n) is 5.54. The van der Waals surface area contributed by atoms with Crippen molar-refractivity contribution in [2.75, 3.05) is 0 Å². The molecule has 7 heteroatoms. The van der Waals surface area contributed by atoms with E-state index in [2.05, 4.69) is 10.3 Å². The quantitative estimate of drug-likeness (QED) is 0.293. The van der Waals surface area contributed by atoms with Gasteiger partial charge in [0.1, 0.15) is 5.82 Å². The van der Waals surface area contributed by atoms with Crippen molar-refractivity contribution in [1.82, 2.24) is 15.8 Å². The number of hydrogen-bond acceptors (Lipinski definition) is 4. The lowest BCUT2D eigenvalue weighted by Crippen LogP contribution is -2.46. The molecule has 0 radical (unpaired) electrons. The zero-order valence-electron chi connectivity index (χ0n) is 21.8. The van der Waals surface area contributed by atoms with Crippen LogP contribution in [0.4, 0.5) is 4.39 Å². The van der Waals surface area contributed by atoms with E-state index in [1.807, 2.05) is 51.1 Å². The lowest BCUT2D eigenvalue weighted by molar-refractivity contribution is -0.129. The highest BCUT2D eigenvalue weighted by Crippen LogP contribution is 2.41. The molecule has 1 heterocycles. The van der Waals surface area contributed by atoms with E-state index >= 15 is 0 Å². The van der Waals surface area contributed by atoms with Crippen molar-refractivity contribution in [1.29, 1.82) is 0 Å². The Balaban J connectivity index is 1.50. The largest absolute Gasteiger partial charge is 0.351 e. The maximum absolute atomic E-state index is 14.0. The van der Waals surface area contributed by atoms with Gasteiger partial charge in [-0.2, -0.15) is 0 Å². The topological polar surface area (TPSA) is 91.3 Å². The number of halogens is 1. The Labute approximate surface area is 217 Å². The third kappa shape index (κ3) is 6.92. The number of hydrogen-bond donors (Lipinski definition) is 3. The third-order valence-electron chi connectivity index (χ3n) is 7.32. The van der Waals surface area contributed by atoms with E-state index in [0.29, 0.717) is 12.3 Å². The highest BCUT2D eigenvalue weighted by Gasteiger charge is 2.34. The third-order valence-corrected chi connectivity index (χ3v) is 7.32. The van der Waals surface area contributed by atoms with Crippen LogP contribution < -0.4 is 10.8 Å². The highest BCUT2D eigenvalue weighted by molar-refractivity contribution is 5.83. The van der Waals surface area contributed by atoms with Crippen molar-refractivity contribution >= 4 is 22.7 Å². The number of carbonyl (C=O) groups excluding carboxylic acids is 2. The summed E-state index contributed by atoms with van der Waals surface area (Å²) in [6, 6.07) is 14.4. The zero-order valence-corrected chi connectivity index (χ0v) is 21.8. The lowest BCUT2D eigenvalue weighted by atomic mass is 9.71. The molecule has 3 aromatic rings. The molecule has 0 bridgehead atoms. The molecule has 2 amide bonds. The number of aromatic nitrogens is 1. The summed E-state index contributed by atoms with van der Waals surface area (Å²) in [6.45, 7) is 5.98. The number of nitrogens with one attached hydrogen (secondary N) is 2. The van der Waals surface area contributed by atoms with Gasteiger partial charge in [0.2, 0.25) is 11.8 Å². The number of pyridine rings is 1. The molecule has 1 aliphatic rings. The Hall–Kier alpha value is -3.32. The average molecular weight is 506 g/mol. The van der Waals surface area contributed by atoms with Crippen LogP contribution in [0, 0.1) is 17.7 Å². The SMILES string of the molecule is CC(C)(C)NC(=O)C(Cc1ccc(CC(=O)NO)cc1)[C@H]1CC[C@@H](c2ccnc3ccc(F)cc32)CC1. The van der Waals surface area contributed by atoms with Crippen LogP contribution >= 0.6 is 0 Å². The van der Waals surface area contributed by atoms with Crippen LogP contribution in [0.2, 0.25) is 0 Å². The smallest absolute Gasteiger partial charge is 0.247 e. The van der Waals surface area contributed by atoms with Crippen molar-refractivity contribution in [2.45, 2.75) is 70.8 Å². The van der Waals surface area contributed by atoms with Gasteiger partial charge in [-0.3, -0.25) is 19.8 Å². The van der Waals surface area contributed by atoms with Crippen LogP contribution in [-0.2, 0) is 22.4 Å². The molecule has 1 saturated carbocycles. The van der Waals surface area contributed by atoms with Gasteiger partial charge in [-0.15, -0.1) is 0 Å². The second kappa shape index (κ2) is 11.4. The molecular formula is C30H36FN3O3. The van der Waals surface area contributed by atoms with E-state index in [4.69, 9.17) is 5.21 Å². The summed E-state index contributed by atoms with van der Waals surface area (Å²) in [5.41, 5.74) is 5.12. The Morgan fingerprint density at radius 2 is 1.70 bits per heavy atom. The predicted molar refractivity (Wildman–Crippen MR) is 142 cm³/mol. The van der Waals surface area contributed by atoms with E-state index in [-0.39, 0.29) is 35.5 Å². The van der Waals surface area contributed by atoms with Gasteiger partial charge in [0.05, 0.1) is 11.9 Å². The molecule has 37 heavy (non-hydrogen) atoms.